The van der Waals surface area contributed by atoms with Crippen molar-refractivity contribution in [2.24, 2.45) is 5.92 Å². The summed E-state index contributed by atoms with van der Waals surface area (Å²) in [6.45, 7) is 12.9. The van der Waals surface area contributed by atoms with Crippen molar-refractivity contribution >= 4 is 18.0 Å². The summed E-state index contributed by atoms with van der Waals surface area (Å²) < 4.78 is 23.4. The Kier molecular flexibility index (Phi) is 11.3. The number of ether oxygens (including phenoxy) is 4. The Hall–Kier alpha value is -3.47. The van der Waals surface area contributed by atoms with Gasteiger partial charge in [-0.15, -0.1) is 0 Å². The molecule has 4 rings (SSSR count). The Labute approximate surface area is 266 Å². The highest BCUT2D eigenvalue weighted by atomic mass is 16.7. The van der Waals surface area contributed by atoms with Crippen molar-refractivity contribution in [2.75, 3.05) is 19.8 Å². The van der Waals surface area contributed by atoms with Gasteiger partial charge in [0.15, 0.2) is 5.79 Å². The highest BCUT2D eigenvalue weighted by Crippen LogP contribution is 2.44. The molecule has 0 bridgehead atoms. The van der Waals surface area contributed by atoms with Gasteiger partial charge in [0.2, 0.25) is 5.91 Å². The molecule has 1 saturated heterocycles. The predicted molar refractivity (Wildman–Crippen MR) is 170 cm³/mol. The molecular formula is C35H48N2O8. The largest absolute Gasteiger partial charge is 0.480 e. The Balaban J connectivity index is 1.17. The number of carbonyl (C=O) groups excluding carboxylic acids is 2. The van der Waals surface area contributed by atoms with Crippen LogP contribution in [0.2, 0.25) is 0 Å². The quantitative estimate of drug-likeness (QED) is 0.232. The van der Waals surface area contributed by atoms with E-state index in [0.717, 1.165) is 35.1 Å². The average Bonchev–Trinajstić information content (AvgIpc) is 3.51. The number of alkyl carbamates (subject to hydrolysis) is 1. The molecule has 4 atom stereocenters. The van der Waals surface area contributed by atoms with Crippen LogP contribution in [0.4, 0.5) is 4.79 Å². The molecule has 2 amide bonds. The Morgan fingerprint density at radius 3 is 2.24 bits per heavy atom. The predicted octanol–water partition coefficient (Wildman–Crippen LogP) is 5.63. The first-order valence-corrected chi connectivity index (χ1v) is 15.9. The summed E-state index contributed by atoms with van der Waals surface area (Å²) in [6, 6.07) is 14.7. The standard InChI is InChI=1S/C35H48N2O8/c1-22(23(2)44-34(3,4)18-17-24-20-43-35(5,6)45-24)19-36-31(38)16-15-30(32(39)40)37-33(41)42-21-29-27-13-9-7-11-25(27)26-12-8-10-14-28(26)29/h7-14,22-24,29-30H,15-21H2,1-6H3,(H,36,38)(H,37,41)(H,39,40)/t22-,23-,24-,30-/m0/s1. The van der Waals surface area contributed by atoms with Gasteiger partial charge < -0.3 is 34.7 Å². The van der Waals surface area contributed by atoms with Gasteiger partial charge in [0, 0.05) is 18.9 Å². The van der Waals surface area contributed by atoms with E-state index in [1.54, 1.807) is 0 Å². The third-order valence-electron chi connectivity index (χ3n) is 8.66. The summed E-state index contributed by atoms with van der Waals surface area (Å²) in [6.07, 6.45) is 0.582. The highest BCUT2D eigenvalue weighted by molar-refractivity contribution is 5.82. The smallest absolute Gasteiger partial charge is 0.407 e. The molecule has 1 fully saturated rings. The number of amides is 2. The molecular weight excluding hydrogens is 576 g/mol. The lowest BCUT2D eigenvalue weighted by molar-refractivity contribution is -0.143. The second-order valence-electron chi connectivity index (χ2n) is 13.3. The van der Waals surface area contributed by atoms with Gasteiger partial charge in [0.25, 0.3) is 0 Å². The van der Waals surface area contributed by atoms with Crippen LogP contribution in [0.1, 0.15) is 84.3 Å². The van der Waals surface area contributed by atoms with Crippen LogP contribution in [0.15, 0.2) is 48.5 Å². The van der Waals surface area contributed by atoms with Crippen molar-refractivity contribution in [1.29, 1.82) is 0 Å². The number of carbonyl (C=O) groups is 3. The van der Waals surface area contributed by atoms with Crippen LogP contribution in [0.25, 0.3) is 11.1 Å². The Morgan fingerprint density at radius 2 is 1.67 bits per heavy atom. The van der Waals surface area contributed by atoms with Gasteiger partial charge in [-0.2, -0.15) is 0 Å². The Bertz CT molecular complexity index is 1300. The van der Waals surface area contributed by atoms with E-state index < -0.39 is 23.9 Å². The van der Waals surface area contributed by atoms with Gasteiger partial charge in [0.05, 0.1) is 24.4 Å². The van der Waals surface area contributed by atoms with Crippen LogP contribution < -0.4 is 10.6 Å². The van der Waals surface area contributed by atoms with Crippen molar-refractivity contribution in [3.63, 3.8) is 0 Å². The van der Waals surface area contributed by atoms with Crippen LogP contribution in [-0.4, -0.2) is 72.5 Å². The van der Waals surface area contributed by atoms with Crippen LogP contribution in [0.5, 0.6) is 0 Å². The maximum Gasteiger partial charge on any atom is 0.407 e. The lowest BCUT2D eigenvalue weighted by Crippen LogP contribution is -2.42. The molecule has 2 aliphatic rings. The normalized spacial score (nSPS) is 19.2. The number of fused-ring (bicyclic) bond motifs is 3. The van der Waals surface area contributed by atoms with E-state index in [0.29, 0.717) is 13.2 Å². The van der Waals surface area contributed by atoms with Crippen molar-refractivity contribution < 1.29 is 38.4 Å². The zero-order valence-electron chi connectivity index (χ0n) is 27.3. The molecule has 246 valence electrons. The third kappa shape index (κ3) is 9.51. The number of carboxylic acids is 1. The van der Waals surface area contributed by atoms with E-state index in [1.165, 1.54) is 0 Å². The molecule has 1 aliphatic carbocycles. The molecule has 45 heavy (non-hydrogen) atoms. The molecule has 10 heteroatoms. The molecule has 0 aromatic heterocycles. The molecule has 0 radical (unpaired) electrons. The number of hydrogen-bond donors (Lipinski definition) is 3. The van der Waals surface area contributed by atoms with Crippen molar-refractivity contribution in [3.05, 3.63) is 59.7 Å². The first kappa shape index (κ1) is 34.4. The number of benzene rings is 2. The van der Waals surface area contributed by atoms with E-state index in [1.807, 2.05) is 90.1 Å². The second kappa shape index (κ2) is 14.7. The number of nitrogens with one attached hydrogen (secondary N) is 2. The number of carboxylic acid groups (broad SMARTS) is 1. The minimum absolute atomic E-state index is 0.0208. The third-order valence-corrected chi connectivity index (χ3v) is 8.66. The van der Waals surface area contributed by atoms with E-state index in [2.05, 4.69) is 10.6 Å². The minimum atomic E-state index is -1.26. The highest BCUT2D eigenvalue weighted by Gasteiger charge is 2.35. The van der Waals surface area contributed by atoms with Crippen LogP contribution in [0, 0.1) is 5.92 Å². The molecule has 0 saturated carbocycles. The fraction of sp³-hybridized carbons (Fsp3) is 0.571. The van der Waals surface area contributed by atoms with E-state index in [9.17, 15) is 19.5 Å². The number of rotatable bonds is 15. The molecule has 3 N–H and O–H groups in total. The Morgan fingerprint density at radius 1 is 1.04 bits per heavy atom. The van der Waals surface area contributed by atoms with Gasteiger partial charge >= 0.3 is 12.1 Å². The topological polar surface area (TPSA) is 132 Å². The lowest BCUT2D eigenvalue weighted by atomic mass is 9.98. The maximum atomic E-state index is 12.6. The monoisotopic (exact) mass is 624 g/mol. The zero-order valence-corrected chi connectivity index (χ0v) is 27.3. The molecule has 1 aliphatic heterocycles. The van der Waals surface area contributed by atoms with Gasteiger partial charge in [-0.1, -0.05) is 55.5 Å². The van der Waals surface area contributed by atoms with E-state index in [4.69, 9.17) is 18.9 Å². The number of hydrogen-bond acceptors (Lipinski definition) is 7. The fourth-order valence-electron chi connectivity index (χ4n) is 5.94. The molecule has 2 aromatic rings. The summed E-state index contributed by atoms with van der Waals surface area (Å²) in [5.41, 5.74) is 3.95. The summed E-state index contributed by atoms with van der Waals surface area (Å²) >= 11 is 0. The molecule has 0 unspecified atom stereocenters. The van der Waals surface area contributed by atoms with Gasteiger partial charge in [-0.05, 0) is 82.1 Å². The summed E-state index contributed by atoms with van der Waals surface area (Å²) in [4.78, 5) is 37.1. The summed E-state index contributed by atoms with van der Waals surface area (Å²) in [5.74, 6) is -2.19. The van der Waals surface area contributed by atoms with Crippen molar-refractivity contribution in [2.45, 2.75) is 103 Å². The van der Waals surface area contributed by atoms with Crippen molar-refractivity contribution in [3.8, 4) is 11.1 Å². The lowest BCUT2D eigenvalue weighted by Gasteiger charge is -2.33. The number of aliphatic carboxylic acids is 1. The van der Waals surface area contributed by atoms with Crippen molar-refractivity contribution in [1.82, 2.24) is 10.6 Å². The van der Waals surface area contributed by atoms with Gasteiger partial charge in [-0.3, -0.25) is 4.79 Å². The average molecular weight is 625 g/mol. The fourth-order valence-corrected chi connectivity index (χ4v) is 5.94. The first-order valence-electron chi connectivity index (χ1n) is 15.9. The first-order chi connectivity index (χ1) is 21.2. The SMILES string of the molecule is C[C@H](OC(C)(C)CC[C@H]1COC(C)(C)O1)[C@@H](C)CNC(=O)CC[C@H](NC(=O)OCC1c2ccccc2-c2ccccc21)C(=O)O. The summed E-state index contributed by atoms with van der Waals surface area (Å²) in [7, 11) is 0. The molecule has 1 heterocycles. The zero-order chi connectivity index (χ0) is 32.8. The minimum Gasteiger partial charge on any atom is -0.480 e. The molecule has 10 nitrogen and oxygen atoms in total. The van der Waals surface area contributed by atoms with E-state index >= 15 is 0 Å². The van der Waals surface area contributed by atoms with Gasteiger partial charge in [-0.25, -0.2) is 9.59 Å². The molecule has 2 aromatic carbocycles. The summed E-state index contributed by atoms with van der Waals surface area (Å²) in [5, 5.41) is 15.0. The second-order valence-corrected chi connectivity index (χ2v) is 13.3. The van der Waals surface area contributed by atoms with Crippen LogP contribution in [-0.2, 0) is 28.5 Å². The molecule has 0 spiro atoms. The van der Waals surface area contributed by atoms with E-state index in [-0.39, 0.29) is 55.0 Å². The van der Waals surface area contributed by atoms with Gasteiger partial charge in [0.1, 0.15) is 12.6 Å². The van der Waals surface area contributed by atoms with Crippen LogP contribution in [0.3, 0.4) is 0 Å². The maximum absolute atomic E-state index is 12.6. The van der Waals surface area contributed by atoms with Crippen LogP contribution >= 0.6 is 0 Å².